The molecule has 0 aromatic rings. The standard InChI is InChI=1S/C14H28N2O2/c1-3-4-8-16(9-10-17)14(18)12-6-5-7-13(15)11(12)2/h11-13,17H,3-10,15H2,1-2H3. The molecule has 0 aromatic heterocycles. The van der Waals surface area contributed by atoms with E-state index in [4.69, 9.17) is 10.8 Å². The average molecular weight is 256 g/mol. The summed E-state index contributed by atoms with van der Waals surface area (Å²) in [6.45, 7) is 5.46. The van der Waals surface area contributed by atoms with Gasteiger partial charge in [-0.05, 0) is 25.2 Å². The quantitative estimate of drug-likeness (QED) is 0.754. The Morgan fingerprint density at radius 1 is 1.39 bits per heavy atom. The highest BCUT2D eigenvalue weighted by Gasteiger charge is 2.34. The maximum Gasteiger partial charge on any atom is 0.226 e. The van der Waals surface area contributed by atoms with Crippen molar-refractivity contribution >= 4 is 5.91 Å². The first-order valence-corrected chi connectivity index (χ1v) is 7.27. The van der Waals surface area contributed by atoms with Crippen molar-refractivity contribution in [2.45, 2.75) is 52.0 Å². The van der Waals surface area contributed by atoms with Crippen LogP contribution in [0.15, 0.2) is 0 Å². The summed E-state index contributed by atoms with van der Waals surface area (Å²) in [6, 6.07) is 0.148. The van der Waals surface area contributed by atoms with Crippen molar-refractivity contribution in [1.29, 1.82) is 0 Å². The minimum atomic E-state index is 0.0443. The van der Waals surface area contributed by atoms with Crippen LogP contribution in [0.3, 0.4) is 0 Å². The molecule has 0 spiro atoms. The third-order valence-electron chi connectivity index (χ3n) is 4.14. The first-order valence-electron chi connectivity index (χ1n) is 7.27. The monoisotopic (exact) mass is 256 g/mol. The van der Waals surface area contributed by atoms with E-state index >= 15 is 0 Å². The Morgan fingerprint density at radius 2 is 2.11 bits per heavy atom. The summed E-state index contributed by atoms with van der Waals surface area (Å²) in [5.74, 6) is 0.506. The van der Waals surface area contributed by atoms with Crippen molar-refractivity contribution < 1.29 is 9.90 Å². The van der Waals surface area contributed by atoms with Crippen LogP contribution in [0.2, 0.25) is 0 Å². The number of aliphatic hydroxyl groups excluding tert-OH is 1. The molecule has 1 aliphatic carbocycles. The molecule has 0 saturated heterocycles. The van der Waals surface area contributed by atoms with Gasteiger partial charge in [0, 0.05) is 25.0 Å². The van der Waals surface area contributed by atoms with E-state index in [9.17, 15) is 4.79 Å². The number of aliphatic hydroxyl groups is 1. The second-order valence-corrected chi connectivity index (χ2v) is 5.46. The summed E-state index contributed by atoms with van der Waals surface area (Å²) in [4.78, 5) is 14.3. The fourth-order valence-electron chi connectivity index (χ4n) is 2.78. The molecule has 0 aromatic carbocycles. The van der Waals surface area contributed by atoms with Gasteiger partial charge in [0.25, 0.3) is 0 Å². The number of nitrogens with two attached hydrogens (primary N) is 1. The minimum absolute atomic E-state index is 0.0443. The molecular weight excluding hydrogens is 228 g/mol. The second-order valence-electron chi connectivity index (χ2n) is 5.46. The molecule has 0 radical (unpaired) electrons. The van der Waals surface area contributed by atoms with E-state index in [-0.39, 0.29) is 30.4 Å². The highest BCUT2D eigenvalue weighted by atomic mass is 16.3. The third kappa shape index (κ3) is 3.95. The van der Waals surface area contributed by atoms with E-state index in [1.165, 1.54) is 0 Å². The van der Waals surface area contributed by atoms with Crippen LogP contribution >= 0.6 is 0 Å². The Kier molecular flexibility index (Phi) is 6.65. The SMILES string of the molecule is CCCCN(CCO)C(=O)C1CCCC(N)C1C. The topological polar surface area (TPSA) is 66.6 Å². The number of carbonyl (C=O) groups is 1. The Hall–Kier alpha value is -0.610. The molecule has 1 aliphatic rings. The van der Waals surface area contributed by atoms with Crippen molar-refractivity contribution in [1.82, 2.24) is 4.90 Å². The summed E-state index contributed by atoms with van der Waals surface area (Å²) < 4.78 is 0. The van der Waals surface area contributed by atoms with Gasteiger partial charge in [-0.25, -0.2) is 0 Å². The number of unbranched alkanes of at least 4 members (excludes halogenated alkanes) is 1. The van der Waals surface area contributed by atoms with E-state index in [0.717, 1.165) is 38.6 Å². The zero-order valence-electron chi connectivity index (χ0n) is 11.8. The van der Waals surface area contributed by atoms with Crippen LogP contribution in [0.25, 0.3) is 0 Å². The summed E-state index contributed by atoms with van der Waals surface area (Å²) in [5.41, 5.74) is 6.06. The number of hydrogen-bond acceptors (Lipinski definition) is 3. The van der Waals surface area contributed by atoms with Crippen LogP contribution in [0.1, 0.15) is 46.0 Å². The molecule has 4 heteroatoms. The van der Waals surface area contributed by atoms with Gasteiger partial charge in [0.05, 0.1) is 6.61 Å². The first-order chi connectivity index (χ1) is 8.61. The normalized spacial score (nSPS) is 28.1. The van der Waals surface area contributed by atoms with E-state index in [2.05, 4.69) is 13.8 Å². The number of carbonyl (C=O) groups excluding carboxylic acids is 1. The Bertz CT molecular complexity index is 258. The van der Waals surface area contributed by atoms with Crippen LogP contribution < -0.4 is 5.73 Å². The molecule has 1 saturated carbocycles. The number of rotatable bonds is 6. The van der Waals surface area contributed by atoms with Crippen LogP contribution in [0.4, 0.5) is 0 Å². The molecule has 0 aliphatic heterocycles. The van der Waals surface area contributed by atoms with Crippen molar-refractivity contribution in [3.8, 4) is 0 Å². The highest BCUT2D eigenvalue weighted by Crippen LogP contribution is 2.30. The lowest BCUT2D eigenvalue weighted by atomic mass is 9.76. The second kappa shape index (κ2) is 7.74. The van der Waals surface area contributed by atoms with Gasteiger partial charge in [0.2, 0.25) is 5.91 Å². The first kappa shape index (κ1) is 15.4. The number of nitrogens with zero attached hydrogens (tertiary/aromatic N) is 1. The molecule has 4 nitrogen and oxygen atoms in total. The van der Waals surface area contributed by atoms with Gasteiger partial charge in [-0.3, -0.25) is 4.79 Å². The molecule has 3 atom stereocenters. The van der Waals surface area contributed by atoms with Gasteiger partial charge in [-0.1, -0.05) is 26.7 Å². The molecule has 0 bridgehead atoms. The molecule has 1 amide bonds. The third-order valence-corrected chi connectivity index (χ3v) is 4.14. The zero-order valence-corrected chi connectivity index (χ0v) is 11.8. The van der Waals surface area contributed by atoms with Gasteiger partial charge < -0.3 is 15.7 Å². The molecule has 0 heterocycles. The largest absolute Gasteiger partial charge is 0.395 e. The molecule has 3 unspecified atom stereocenters. The molecule has 1 rings (SSSR count). The molecule has 18 heavy (non-hydrogen) atoms. The van der Waals surface area contributed by atoms with E-state index in [1.54, 1.807) is 0 Å². The predicted octanol–water partition coefficient (Wildman–Crippen LogP) is 1.37. The fourth-order valence-corrected chi connectivity index (χ4v) is 2.78. The minimum Gasteiger partial charge on any atom is -0.395 e. The Morgan fingerprint density at radius 3 is 2.72 bits per heavy atom. The number of amides is 1. The maximum absolute atomic E-state index is 12.5. The van der Waals surface area contributed by atoms with Gasteiger partial charge in [-0.2, -0.15) is 0 Å². The molecule has 106 valence electrons. The zero-order chi connectivity index (χ0) is 13.5. The van der Waals surface area contributed by atoms with Gasteiger partial charge in [0.1, 0.15) is 0 Å². The van der Waals surface area contributed by atoms with E-state index < -0.39 is 0 Å². The van der Waals surface area contributed by atoms with Gasteiger partial charge >= 0.3 is 0 Å². The maximum atomic E-state index is 12.5. The molecule has 1 fully saturated rings. The molecular formula is C14H28N2O2. The highest BCUT2D eigenvalue weighted by molar-refractivity contribution is 5.79. The van der Waals surface area contributed by atoms with Crippen LogP contribution in [-0.2, 0) is 4.79 Å². The molecule has 3 N–H and O–H groups in total. The summed E-state index contributed by atoms with van der Waals surface area (Å²) in [5, 5.41) is 9.08. The van der Waals surface area contributed by atoms with Crippen molar-refractivity contribution in [2.75, 3.05) is 19.7 Å². The summed E-state index contributed by atoms with van der Waals surface area (Å²) in [6.07, 6.45) is 5.08. The van der Waals surface area contributed by atoms with Crippen molar-refractivity contribution in [3.63, 3.8) is 0 Å². The fraction of sp³-hybridized carbons (Fsp3) is 0.929. The summed E-state index contributed by atoms with van der Waals surface area (Å²) >= 11 is 0. The average Bonchev–Trinajstić information content (AvgIpc) is 2.37. The van der Waals surface area contributed by atoms with Crippen LogP contribution in [0, 0.1) is 11.8 Å². The smallest absolute Gasteiger partial charge is 0.226 e. The van der Waals surface area contributed by atoms with Crippen LogP contribution in [-0.4, -0.2) is 41.7 Å². The van der Waals surface area contributed by atoms with Crippen molar-refractivity contribution in [3.05, 3.63) is 0 Å². The van der Waals surface area contributed by atoms with Gasteiger partial charge in [-0.15, -0.1) is 0 Å². The van der Waals surface area contributed by atoms with Crippen LogP contribution in [0.5, 0.6) is 0 Å². The predicted molar refractivity (Wildman–Crippen MR) is 73.1 cm³/mol. The van der Waals surface area contributed by atoms with Gasteiger partial charge in [0.15, 0.2) is 0 Å². The Balaban J connectivity index is 2.62. The van der Waals surface area contributed by atoms with Crippen molar-refractivity contribution in [2.24, 2.45) is 17.6 Å². The lowest BCUT2D eigenvalue weighted by Crippen LogP contribution is -2.46. The Labute approximate surface area is 111 Å². The lowest BCUT2D eigenvalue weighted by molar-refractivity contribution is -0.139. The lowest BCUT2D eigenvalue weighted by Gasteiger charge is -2.36. The summed E-state index contributed by atoms with van der Waals surface area (Å²) in [7, 11) is 0. The van der Waals surface area contributed by atoms with E-state index in [0.29, 0.717) is 6.54 Å². The van der Waals surface area contributed by atoms with E-state index in [1.807, 2.05) is 4.90 Å². The number of hydrogen-bond donors (Lipinski definition) is 2.